The zero-order valence-corrected chi connectivity index (χ0v) is 13.7. The zero-order chi connectivity index (χ0) is 15.8. The van der Waals surface area contributed by atoms with Crippen LogP contribution in [0, 0.1) is 17.7 Å². The fourth-order valence-corrected chi connectivity index (χ4v) is 3.83. The molecule has 3 heterocycles. The van der Waals surface area contributed by atoms with Gasteiger partial charge >= 0.3 is 0 Å². The number of nitrogens with one attached hydrogen (secondary N) is 1. The molecule has 3 atom stereocenters. The Kier molecular flexibility index (Phi) is 4.78. The van der Waals surface area contributed by atoms with Gasteiger partial charge < -0.3 is 10.2 Å². The van der Waals surface area contributed by atoms with Crippen molar-refractivity contribution >= 4 is 18.3 Å². The third-order valence-corrected chi connectivity index (χ3v) is 4.85. The van der Waals surface area contributed by atoms with Crippen LogP contribution in [0.25, 0.3) is 0 Å². The van der Waals surface area contributed by atoms with Crippen LogP contribution < -0.4 is 5.32 Å². The molecule has 24 heavy (non-hydrogen) atoms. The lowest BCUT2D eigenvalue weighted by Gasteiger charge is -2.28. The maximum atomic E-state index is 13.7. The van der Waals surface area contributed by atoms with E-state index in [4.69, 9.17) is 0 Å². The second-order valence-corrected chi connectivity index (χ2v) is 6.17. The van der Waals surface area contributed by atoms with Crippen molar-refractivity contribution in [3.05, 3.63) is 59.7 Å². The Bertz CT molecular complexity index is 730. The molecule has 1 aromatic carbocycles. The maximum Gasteiger partial charge on any atom is 0.256 e. The van der Waals surface area contributed by atoms with E-state index in [1.54, 1.807) is 12.1 Å². The Balaban J connectivity index is 0.00000169. The molecule has 0 bridgehead atoms. The van der Waals surface area contributed by atoms with Gasteiger partial charge in [0.1, 0.15) is 5.82 Å². The number of carbonyl (C=O) groups excluding carboxylic acids is 1. The second kappa shape index (κ2) is 6.83. The van der Waals surface area contributed by atoms with Crippen LogP contribution in [0.5, 0.6) is 0 Å². The molecular formula is C17H18ClFN4O. The Morgan fingerprint density at radius 3 is 2.88 bits per heavy atom. The van der Waals surface area contributed by atoms with Crippen LogP contribution in [0.1, 0.15) is 22.0 Å². The van der Waals surface area contributed by atoms with Gasteiger partial charge in [0.15, 0.2) is 0 Å². The number of halogens is 2. The Labute approximate surface area is 145 Å². The lowest BCUT2D eigenvalue weighted by atomic mass is 9.89. The first kappa shape index (κ1) is 16.8. The van der Waals surface area contributed by atoms with E-state index in [9.17, 15) is 9.18 Å². The van der Waals surface area contributed by atoms with Crippen molar-refractivity contribution in [3.8, 4) is 0 Å². The number of rotatable bonds is 2. The maximum absolute atomic E-state index is 13.7. The molecule has 2 saturated heterocycles. The highest BCUT2D eigenvalue weighted by Crippen LogP contribution is 2.43. The van der Waals surface area contributed by atoms with Crippen LogP contribution >= 0.6 is 12.4 Å². The molecule has 0 radical (unpaired) electrons. The van der Waals surface area contributed by atoms with E-state index in [1.807, 2.05) is 11.0 Å². The van der Waals surface area contributed by atoms with Crippen molar-refractivity contribution in [2.75, 3.05) is 19.6 Å². The molecule has 2 fully saturated rings. The molecule has 0 spiro atoms. The molecule has 7 heteroatoms. The van der Waals surface area contributed by atoms with Crippen LogP contribution in [0.2, 0.25) is 0 Å². The number of fused-ring (bicyclic) bond motifs is 1. The predicted molar refractivity (Wildman–Crippen MR) is 89.3 cm³/mol. The topological polar surface area (TPSA) is 58.1 Å². The molecule has 2 aliphatic heterocycles. The van der Waals surface area contributed by atoms with E-state index in [-0.39, 0.29) is 30.2 Å². The van der Waals surface area contributed by atoms with E-state index in [0.717, 1.165) is 18.7 Å². The van der Waals surface area contributed by atoms with Gasteiger partial charge in [-0.15, -0.1) is 12.4 Å². The highest BCUT2D eigenvalue weighted by Gasteiger charge is 2.46. The smallest absolute Gasteiger partial charge is 0.256 e. The summed E-state index contributed by atoms with van der Waals surface area (Å²) in [6.45, 7) is 2.43. The standard InChI is InChI=1S/C17H17FN4O.ClH/c18-14-3-1-2-11(6-14)16-15-9-19-7-13(15)10-22(16)17(23)12-4-5-20-21-8-12;/h1-6,8,13,15-16,19H,7,9-10H2;1H/t13-,15-,16+;/m0./s1. The number of amides is 1. The minimum atomic E-state index is -0.269. The fraction of sp³-hybridized carbons (Fsp3) is 0.353. The first-order valence-electron chi connectivity index (χ1n) is 7.78. The van der Waals surface area contributed by atoms with Gasteiger partial charge in [0, 0.05) is 25.6 Å². The molecule has 1 aromatic heterocycles. The van der Waals surface area contributed by atoms with Crippen molar-refractivity contribution in [2.24, 2.45) is 11.8 Å². The largest absolute Gasteiger partial charge is 0.331 e. The SMILES string of the molecule is Cl.O=C(c1ccnnc1)N1C[C@@H]2CNC[C@@H]2[C@H]1c1cccc(F)c1. The number of benzene rings is 1. The minimum Gasteiger partial charge on any atom is -0.331 e. The van der Waals surface area contributed by atoms with E-state index in [1.165, 1.54) is 24.5 Å². The van der Waals surface area contributed by atoms with Gasteiger partial charge in [0.05, 0.1) is 24.0 Å². The molecule has 2 aliphatic rings. The van der Waals surface area contributed by atoms with Crippen molar-refractivity contribution in [3.63, 3.8) is 0 Å². The Morgan fingerprint density at radius 1 is 1.25 bits per heavy atom. The molecule has 1 N–H and O–H groups in total. The highest BCUT2D eigenvalue weighted by molar-refractivity contribution is 5.94. The van der Waals surface area contributed by atoms with Crippen LogP contribution in [0.3, 0.4) is 0 Å². The number of carbonyl (C=O) groups is 1. The van der Waals surface area contributed by atoms with Crippen LogP contribution in [-0.2, 0) is 0 Å². The minimum absolute atomic E-state index is 0. The molecule has 2 aromatic rings. The number of hydrogen-bond acceptors (Lipinski definition) is 4. The molecule has 0 unspecified atom stereocenters. The predicted octanol–water partition coefficient (Wildman–Crippen LogP) is 2.07. The number of hydrogen-bond donors (Lipinski definition) is 1. The molecular weight excluding hydrogens is 331 g/mol. The van der Waals surface area contributed by atoms with Crippen LogP contribution in [0.4, 0.5) is 4.39 Å². The lowest BCUT2D eigenvalue weighted by Crippen LogP contribution is -2.34. The number of likely N-dealkylation sites (tertiary alicyclic amines) is 1. The monoisotopic (exact) mass is 348 g/mol. The van der Waals surface area contributed by atoms with Gasteiger partial charge in [-0.3, -0.25) is 4.79 Å². The van der Waals surface area contributed by atoms with Gasteiger partial charge in [0.2, 0.25) is 0 Å². The second-order valence-electron chi connectivity index (χ2n) is 6.17. The third kappa shape index (κ3) is 2.87. The van der Waals surface area contributed by atoms with E-state index in [2.05, 4.69) is 15.5 Å². The number of nitrogens with zero attached hydrogens (tertiary/aromatic N) is 3. The average Bonchev–Trinajstić information content (AvgIpc) is 3.15. The third-order valence-electron chi connectivity index (χ3n) is 4.85. The highest BCUT2D eigenvalue weighted by atomic mass is 35.5. The Hall–Kier alpha value is -2.05. The average molecular weight is 349 g/mol. The number of aromatic nitrogens is 2. The van der Waals surface area contributed by atoms with Crippen molar-refractivity contribution in [1.29, 1.82) is 0 Å². The van der Waals surface area contributed by atoms with Gasteiger partial charge in [-0.05, 0) is 29.7 Å². The van der Waals surface area contributed by atoms with Crippen LogP contribution in [-0.4, -0.2) is 40.6 Å². The summed E-state index contributed by atoms with van der Waals surface area (Å²) < 4.78 is 13.7. The summed E-state index contributed by atoms with van der Waals surface area (Å²) in [4.78, 5) is 14.8. The lowest BCUT2D eigenvalue weighted by molar-refractivity contribution is 0.0713. The van der Waals surface area contributed by atoms with Gasteiger partial charge in [-0.25, -0.2) is 4.39 Å². The summed E-state index contributed by atoms with van der Waals surface area (Å²) in [5.41, 5.74) is 1.38. The Morgan fingerprint density at radius 2 is 2.12 bits per heavy atom. The van der Waals surface area contributed by atoms with E-state index < -0.39 is 0 Å². The summed E-state index contributed by atoms with van der Waals surface area (Å²) in [6, 6.07) is 8.14. The zero-order valence-electron chi connectivity index (χ0n) is 12.9. The van der Waals surface area contributed by atoms with Crippen molar-refractivity contribution in [1.82, 2.24) is 20.4 Å². The quantitative estimate of drug-likeness (QED) is 0.902. The molecule has 126 valence electrons. The normalized spacial score (nSPS) is 25.2. The van der Waals surface area contributed by atoms with E-state index >= 15 is 0 Å². The summed E-state index contributed by atoms with van der Waals surface area (Å²) in [7, 11) is 0. The summed E-state index contributed by atoms with van der Waals surface area (Å²) >= 11 is 0. The molecule has 1 amide bonds. The molecule has 0 saturated carbocycles. The fourth-order valence-electron chi connectivity index (χ4n) is 3.83. The van der Waals surface area contributed by atoms with Crippen LogP contribution in [0.15, 0.2) is 42.7 Å². The summed E-state index contributed by atoms with van der Waals surface area (Å²) in [6.07, 6.45) is 3.00. The first-order valence-corrected chi connectivity index (χ1v) is 7.78. The molecule has 5 nitrogen and oxygen atoms in total. The van der Waals surface area contributed by atoms with E-state index in [0.29, 0.717) is 23.9 Å². The molecule has 0 aliphatic carbocycles. The van der Waals surface area contributed by atoms with Gasteiger partial charge in [0.25, 0.3) is 5.91 Å². The molecule has 4 rings (SSSR count). The van der Waals surface area contributed by atoms with Crippen molar-refractivity contribution < 1.29 is 9.18 Å². The summed E-state index contributed by atoms with van der Waals surface area (Å²) in [5, 5.41) is 10.9. The van der Waals surface area contributed by atoms with Gasteiger partial charge in [-0.1, -0.05) is 12.1 Å². The van der Waals surface area contributed by atoms with Crippen molar-refractivity contribution in [2.45, 2.75) is 6.04 Å². The van der Waals surface area contributed by atoms with Gasteiger partial charge in [-0.2, -0.15) is 10.2 Å². The summed E-state index contributed by atoms with van der Waals surface area (Å²) in [5.74, 6) is 0.385. The first-order chi connectivity index (χ1) is 11.2.